The largest absolute Gasteiger partial charge is 0.490 e. The van der Waals surface area contributed by atoms with Gasteiger partial charge >= 0.3 is 11.7 Å². The molecule has 138 valence electrons. The predicted octanol–water partition coefficient (Wildman–Crippen LogP) is 2.45. The molecule has 8 nitrogen and oxygen atoms in total. The number of nitrogens with one attached hydrogen (secondary N) is 1. The van der Waals surface area contributed by atoms with Crippen LogP contribution in [0.4, 0.5) is 5.69 Å². The van der Waals surface area contributed by atoms with Crippen LogP contribution in [0.15, 0.2) is 18.2 Å². The Hall–Kier alpha value is -2.29. The molecule has 0 aliphatic rings. The summed E-state index contributed by atoms with van der Waals surface area (Å²) in [6, 6.07) is 4.67. The lowest BCUT2D eigenvalue weighted by molar-refractivity contribution is -0.385. The van der Waals surface area contributed by atoms with Crippen molar-refractivity contribution >= 4 is 29.3 Å². The summed E-state index contributed by atoms with van der Waals surface area (Å²) in [5.74, 6) is -0.282. The van der Waals surface area contributed by atoms with E-state index in [1.807, 2.05) is 0 Å². The average molecular weight is 370 g/mol. The fraction of sp³-hybridized carbons (Fsp3) is 0.500. The van der Waals surface area contributed by atoms with Gasteiger partial charge < -0.3 is 15.2 Å². The number of amides is 1. The number of hydrogen-bond acceptors (Lipinski definition) is 6. The monoisotopic (exact) mass is 370 g/mol. The van der Waals surface area contributed by atoms with Gasteiger partial charge in [-0.05, 0) is 31.9 Å². The van der Waals surface area contributed by atoms with Crippen molar-refractivity contribution in [2.75, 3.05) is 19.4 Å². The summed E-state index contributed by atoms with van der Waals surface area (Å²) in [6.07, 6.45) is 0.337. The van der Waals surface area contributed by atoms with Gasteiger partial charge in [0, 0.05) is 18.4 Å². The molecule has 0 bridgehead atoms. The highest BCUT2D eigenvalue weighted by molar-refractivity contribution is 7.99. The molecule has 1 aromatic rings. The molecule has 1 rings (SSSR count). The lowest BCUT2D eigenvalue weighted by Crippen LogP contribution is -2.32. The molecule has 0 aliphatic heterocycles. The number of ether oxygens (including phenoxy) is 1. The molecule has 0 heterocycles. The topological polar surface area (TPSA) is 119 Å². The first-order valence-corrected chi connectivity index (χ1v) is 8.72. The molecule has 2 N–H and O–H groups in total. The maximum absolute atomic E-state index is 11.8. The highest BCUT2D eigenvalue weighted by atomic mass is 32.2. The zero-order valence-corrected chi connectivity index (χ0v) is 15.2. The van der Waals surface area contributed by atoms with Gasteiger partial charge in [0.05, 0.1) is 23.2 Å². The number of carboxylic acid groups (broad SMARTS) is 1. The van der Waals surface area contributed by atoms with Crippen molar-refractivity contribution in [2.45, 2.75) is 26.0 Å². The zero-order chi connectivity index (χ0) is 19.0. The highest BCUT2D eigenvalue weighted by Gasteiger charge is 2.26. The number of rotatable bonds is 10. The first-order valence-electron chi connectivity index (χ1n) is 7.56. The van der Waals surface area contributed by atoms with Crippen LogP contribution in [0, 0.1) is 15.5 Å². The number of carbonyl (C=O) groups excluding carboxylic acids is 1. The Balaban J connectivity index is 2.42. The molecular weight excluding hydrogens is 348 g/mol. The van der Waals surface area contributed by atoms with Crippen molar-refractivity contribution in [3.05, 3.63) is 33.9 Å². The van der Waals surface area contributed by atoms with Crippen molar-refractivity contribution in [2.24, 2.45) is 5.41 Å². The van der Waals surface area contributed by atoms with E-state index in [0.29, 0.717) is 12.2 Å². The summed E-state index contributed by atoms with van der Waals surface area (Å²) in [7, 11) is 1.37. The SMILES string of the molecule is COc1ccc(CSCC(=O)NCCC(C)(C)C(=O)O)cc1[N+](=O)[O-]. The van der Waals surface area contributed by atoms with Gasteiger partial charge in [-0.1, -0.05) is 6.07 Å². The van der Waals surface area contributed by atoms with E-state index in [1.54, 1.807) is 19.9 Å². The molecule has 9 heteroatoms. The molecule has 1 amide bonds. The molecule has 0 spiro atoms. The molecule has 0 fully saturated rings. The highest BCUT2D eigenvalue weighted by Crippen LogP contribution is 2.29. The minimum absolute atomic E-state index is 0.110. The number of hydrogen-bond donors (Lipinski definition) is 2. The van der Waals surface area contributed by atoms with Gasteiger partial charge in [-0.15, -0.1) is 11.8 Å². The van der Waals surface area contributed by atoms with E-state index >= 15 is 0 Å². The molecule has 0 aliphatic carbocycles. The summed E-state index contributed by atoms with van der Waals surface area (Å²) in [5, 5.41) is 22.7. The van der Waals surface area contributed by atoms with Crippen LogP contribution in [0.5, 0.6) is 5.75 Å². The van der Waals surface area contributed by atoms with Gasteiger partial charge in [-0.25, -0.2) is 0 Å². The minimum atomic E-state index is -0.905. The lowest BCUT2D eigenvalue weighted by atomic mass is 9.90. The number of thioether (sulfide) groups is 1. The Bertz CT molecular complexity index is 648. The Morgan fingerprint density at radius 1 is 1.40 bits per heavy atom. The third kappa shape index (κ3) is 6.61. The molecule has 25 heavy (non-hydrogen) atoms. The molecule has 0 atom stereocenters. The van der Waals surface area contributed by atoms with Crippen LogP contribution in [-0.4, -0.2) is 41.3 Å². The van der Waals surface area contributed by atoms with E-state index in [2.05, 4.69) is 5.32 Å². The summed E-state index contributed by atoms with van der Waals surface area (Å²) in [6.45, 7) is 3.49. The second-order valence-corrected chi connectivity index (χ2v) is 7.03. The Morgan fingerprint density at radius 2 is 2.08 bits per heavy atom. The number of carbonyl (C=O) groups is 2. The Morgan fingerprint density at radius 3 is 2.64 bits per heavy atom. The summed E-state index contributed by atoms with van der Waals surface area (Å²) in [5.41, 5.74) is -0.277. The van der Waals surface area contributed by atoms with Crippen molar-refractivity contribution in [1.29, 1.82) is 0 Å². The lowest BCUT2D eigenvalue weighted by Gasteiger charge is -2.18. The number of nitro benzene ring substituents is 1. The quantitative estimate of drug-likeness (QED) is 0.479. The van der Waals surface area contributed by atoms with Gasteiger partial charge in [0.15, 0.2) is 5.75 Å². The van der Waals surface area contributed by atoms with Crippen molar-refractivity contribution in [3.63, 3.8) is 0 Å². The van der Waals surface area contributed by atoms with Gasteiger partial charge in [0.2, 0.25) is 5.91 Å². The van der Waals surface area contributed by atoms with Gasteiger partial charge in [0.25, 0.3) is 0 Å². The second kappa shape index (κ2) is 9.26. The summed E-state index contributed by atoms with van der Waals surface area (Å²) in [4.78, 5) is 33.2. The van der Waals surface area contributed by atoms with Crippen LogP contribution in [0.2, 0.25) is 0 Å². The van der Waals surface area contributed by atoms with Crippen LogP contribution < -0.4 is 10.1 Å². The minimum Gasteiger partial charge on any atom is -0.490 e. The van der Waals surface area contributed by atoms with Crippen molar-refractivity contribution in [3.8, 4) is 5.75 Å². The van der Waals surface area contributed by atoms with Crippen LogP contribution in [0.1, 0.15) is 25.8 Å². The summed E-state index contributed by atoms with van der Waals surface area (Å²) >= 11 is 1.32. The van der Waals surface area contributed by atoms with Crippen molar-refractivity contribution in [1.82, 2.24) is 5.32 Å². The van der Waals surface area contributed by atoms with Crippen LogP contribution in [0.25, 0.3) is 0 Å². The number of carboxylic acids is 1. The molecule has 0 saturated carbocycles. The number of methoxy groups -OCH3 is 1. The van der Waals surface area contributed by atoms with Gasteiger partial charge in [0.1, 0.15) is 0 Å². The van der Waals surface area contributed by atoms with Crippen molar-refractivity contribution < 1.29 is 24.4 Å². The van der Waals surface area contributed by atoms with E-state index in [9.17, 15) is 19.7 Å². The maximum atomic E-state index is 11.8. The average Bonchev–Trinajstić information content (AvgIpc) is 2.54. The second-order valence-electron chi connectivity index (χ2n) is 6.05. The van der Waals surface area contributed by atoms with Crippen LogP contribution in [-0.2, 0) is 15.3 Å². The molecular formula is C16H22N2O6S. The van der Waals surface area contributed by atoms with E-state index in [4.69, 9.17) is 9.84 Å². The van der Waals surface area contributed by atoms with Gasteiger partial charge in [-0.3, -0.25) is 19.7 Å². The first kappa shape index (κ1) is 20.8. The van der Waals surface area contributed by atoms with E-state index in [1.165, 1.54) is 31.0 Å². The predicted molar refractivity (Wildman–Crippen MR) is 94.9 cm³/mol. The molecule has 1 aromatic carbocycles. The number of aliphatic carboxylic acids is 1. The smallest absolute Gasteiger partial charge is 0.311 e. The fourth-order valence-electron chi connectivity index (χ4n) is 1.90. The van der Waals surface area contributed by atoms with Crippen LogP contribution in [0.3, 0.4) is 0 Å². The molecule has 0 aromatic heterocycles. The number of benzene rings is 1. The van der Waals surface area contributed by atoms with Crippen LogP contribution >= 0.6 is 11.8 Å². The summed E-state index contributed by atoms with van der Waals surface area (Å²) < 4.78 is 4.94. The fourth-order valence-corrected chi connectivity index (χ4v) is 2.71. The normalized spacial score (nSPS) is 11.0. The maximum Gasteiger partial charge on any atom is 0.311 e. The van der Waals surface area contributed by atoms with Gasteiger partial charge in [-0.2, -0.15) is 0 Å². The third-order valence-electron chi connectivity index (χ3n) is 3.59. The standard InChI is InChI=1S/C16H22N2O6S/c1-16(2,15(20)21)6-7-17-14(19)10-25-9-11-4-5-13(24-3)12(8-11)18(22)23/h4-5,8H,6-7,9-10H2,1-3H3,(H,17,19)(H,20,21). The van der Waals surface area contributed by atoms with E-state index < -0.39 is 16.3 Å². The Labute approximate surface area is 150 Å². The van der Waals surface area contributed by atoms with E-state index in [-0.39, 0.29) is 29.6 Å². The molecule has 0 radical (unpaired) electrons. The van der Waals surface area contributed by atoms with E-state index in [0.717, 1.165) is 5.56 Å². The number of nitrogens with zero attached hydrogens (tertiary/aromatic N) is 1. The third-order valence-corrected chi connectivity index (χ3v) is 4.60. The Kier molecular flexibility index (Phi) is 7.69. The molecule has 0 saturated heterocycles. The number of nitro groups is 1. The zero-order valence-electron chi connectivity index (χ0n) is 14.4. The first-order chi connectivity index (χ1) is 11.7. The molecule has 0 unspecified atom stereocenters.